The van der Waals surface area contributed by atoms with Crippen LogP contribution in [-0.2, 0) is 13.1 Å². The van der Waals surface area contributed by atoms with E-state index < -0.39 is 0 Å². The molecule has 3 rings (SSSR count). The number of likely N-dealkylation sites (N-methyl/N-ethyl adjacent to an activating group) is 1. The van der Waals surface area contributed by atoms with Gasteiger partial charge in [-0.15, -0.1) is 0 Å². The van der Waals surface area contributed by atoms with E-state index in [1.165, 1.54) is 0 Å². The average Bonchev–Trinajstić information content (AvgIpc) is 3.43. The minimum atomic E-state index is -0.227. The number of hydrogen-bond donors (Lipinski definition) is 1. The quantitative estimate of drug-likeness (QED) is 0.457. The first-order valence-electron chi connectivity index (χ1n) is 11.1. The number of nitrogens with one attached hydrogen (secondary N) is 1. The van der Waals surface area contributed by atoms with Crippen LogP contribution in [0.2, 0.25) is 5.02 Å². The molecule has 8 heteroatoms. The number of benzene rings is 1. The van der Waals surface area contributed by atoms with Gasteiger partial charge in [0.15, 0.2) is 5.76 Å². The summed E-state index contributed by atoms with van der Waals surface area (Å²) in [6, 6.07) is 14.5. The SMILES string of the molecule is CCCN(Cc1cccn1Cc1ccc(C(=O)NCCN(C)C)o1)C(=O)c1ccccc1Cl. The van der Waals surface area contributed by atoms with Crippen LogP contribution in [-0.4, -0.2) is 59.9 Å². The molecule has 0 aliphatic rings. The summed E-state index contributed by atoms with van der Waals surface area (Å²) in [5.74, 6) is 0.642. The zero-order chi connectivity index (χ0) is 23.8. The number of rotatable bonds is 11. The minimum absolute atomic E-state index is 0.0927. The lowest BCUT2D eigenvalue weighted by Crippen LogP contribution is -2.32. The average molecular weight is 471 g/mol. The van der Waals surface area contributed by atoms with Crippen molar-refractivity contribution in [1.82, 2.24) is 19.7 Å². The molecule has 0 spiro atoms. The summed E-state index contributed by atoms with van der Waals surface area (Å²) in [5.41, 5.74) is 1.47. The summed E-state index contributed by atoms with van der Waals surface area (Å²) in [6.07, 6.45) is 2.78. The van der Waals surface area contributed by atoms with Gasteiger partial charge >= 0.3 is 0 Å². The summed E-state index contributed by atoms with van der Waals surface area (Å²) in [5, 5.41) is 3.30. The van der Waals surface area contributed by atoms with Gasteiger partial charge in [-0.05, 0) is 56.9 Å². The van der Waals surface area contributed by atoms with E-state index in [-0.39, 0.29) is 11.8 Å². The summed E-state index contributed by atoms with van der Waals surface area (Å²) in [4.78, 5) is 29.2. The predicted octanol–water partition coefficient (Wildman–Crippen LogP) is 4.13. The lowest BCUT2D eigenvalue weighted by molar-refractivity contribution is 0.0739. The Morgan fingerprint density at radius 1 is 1.06 bits per heavy atom. The number of halogens is 1. The first-order valence-corrected chi connectivity index (χ1v) is 11.5. The lowest BCUT2D eigenvalue weighted by Gasteiger charge is -2.23. The van der Waals surface area contributed by atoms with Crippen LogP contribution >= 0.6 is 11.6 Å². The third-order valence-electron chi connectivity index (χ3n) is 5.22. The fourth-order valence-corrected chi connectivity index (χ4v) is 3.72. The van der Waals surface area contributed by atoms with Gasteiger partial charge in [0.05, 0.1) is 23.7 Å². The first kappa shape index (κ1) is 24.6. The molecule has 0 unspecified atom stereocenters. The van der Waals surface area contributed by atoms with Crippen molar-refractivity contribution in [2.75, 3.05) is 33.7 Å². The molecule has 0 bridgehead atoms. The van der Waals surface area contributed by atoms with E-state index in [0.717, 1.165) is 18.7 Å². The van der Waals surface area contributed by atoms with Gasteiger partial charge in [-0.1, -0.05) is 30.7 Å². The van der Waals surface area contributed by atoms with Crippen molar-refractivity contribution >= 4 is 23.4 Å². The lowest BCUT2D eigenvalue weighted by atomic mass is 10.2. The molecule has 0 saturated carbocycles. The molecule has 2 aromatic heterocycles. The van der Waals surface area contributed by atoms with Gasteiger partial charge in [-0.2, -0.15) is 0 Å². The van der Waals surface area contributed by atoms with Crippen molar-refractivity contribution in [1.29, 1.82) is 0 Å². The Kier molecular flexibility index (Phi) is 8.74. The molecule has 0 fully saturated rings. The van der Waals surface area contributed by atoms with Crippen molar-refractivity contribution in [2.45, 2.75) is 26.4 Å². The molecule has 0 aliphatic carbocycles. The van der Waals surface area contributed by atoms with E-state index in [2.05, 4.69) is 5.32 Å². The van der Waals surface area contributed by atoms with Crippen molar-refractivity contribution in [3.8, 4) is 0 Å². The predicted molar refractivity (Wildman–Crippen MR) is 130 cm³/mol. The number of amides is 2. The molecule has 0 saturated heterocycles. The number of nitrogens with zero attached hydrogens (tertiary/aromatic N) is 3. The molecule has 176 valence electrons. The van der Waals surface area contributed by atoms with Crippen LogP contribution in [0.5, 0.6) is 0 Å². The van der Waals surface area contributed by atoms with Gasteiger partial charge in [0.25, 0.3) is 11.8 Å². The van der Waals surface area contributed by atoms with E-state index in [0.29, 0.717) is 48.3 Å². The molecule has 7 nitrogen and oxygen atoms in total. The summed E-state index contributed by atoms with van der Waals surface area (Å²) in [6.45, 7) is 4.88. The summed E-state index contributed by atoms with van der Waals surface area (Å²) in [7, 11) is 3.91. The van der Waals surface area contributed by atoms with Gasteiger partial charge in [0, 0.05) is 31.5 Å². The standard InChI is InChI=1S/C25H31ClN4O3/c1-4-14-30(25(32)21-9-5-6-10-22(21)26)17-19-8-7-15-29(19)18-20-11-12-23(33-20)24(31)27-13-16-28(2)3/h5-12,15H,4,13-14,16-18H2,1-3H3,(H,27,31). The molecule has 2 amide bonds. The number of hydrogen-bond acceptors (Lipinski definition) is 4. The summed E-state index contributed by atoms with van der Waals surface area (Å²) < 4.78 is 7.79. The molecule has 3 aromatic rings. The van der Waals surface area contributed by atoms with Crippen LogP contribution in [0.25, 0.3) is 0 Å². The Balaban J connectivity index is 1.68. The zero-order valence-electron chi connectivity index (χ0n) is 19.4. The number of aromatic nitrogens is 1. The highest BCUT2D eigenvalue weighted by Gasteiger charge is 2.19. The molecule has 1 aromatic carbocycles. The molecule has 2 heterocycles. The van der Waals surface area contributed by atoms with Crippen molar-refractivity contribution < 1.29 is 14.0 Å². The molecular weight excluding hydrogens is 440 g/mol. The molecular formula is C25H31ClN4O3. The Hall–Kier alpha value is -3.03. The Bertz CT molecular complexity index is 1070. The molecule has 0 atom stereocenters. The smallest absolute Gasteiger partial charge is 0.287 e. The van der Waals surface area contributed by atoms with Crippen LogP contribution in [0.3, 0.4) is 0 Å². The van der Waals surface area contributed by atoms with Crippen molar-refractivity contribution in [2.24, 2.45) is 0 Å². The molecule has 1 N–H and O–H groups in total. The third kappa shape index (κ3) is 6.73. The highest BCUT2D eigenvalue weighted by molar-refractivity contribution is 6.33. The highest BCUT2D eigenvalue weighted by Crippen LogP contribution is 2.20. The Labute approximate surface area is 199 Å². The van der Waals surface area contributed by atoms with E-state index >= 15 is 0 Å². The number of furan rings is 1. The second-order valence-corrected chi connectivity index (χ2v) is 8.57. The second kappa shape index (κ2) is 11.7. The van der Waals surface area contributed by atoms with Crippen LogP contribution in [0, 0.1) is 0 Å². The van der Waals surface area contributed by atoms with Gasteiger partial charge in [0.1, 0.15) is 5.76 Å². The fraction of sp³-hybridized carbons (Fsp3) is 0.360. The second-order valence-electron chi connectivity index (χ2n) is 8.16. The fourth-order valence-electron chi connectivity index (χ4n) is 3.50. The summed E-state index contributed by atoms with van der Waals surface area (Å²) >= 11 is 6.26. The van der Waals surface area contributed by atoms with Crippen molar-refractivity contribution in [3.05, 3.63) is 82.5 Å². The van der Waals surface area contributed by atoms with Gasteiger partial charge in [-0.3, -0.25) is 9.59 Å². The monoisotopic (exact) mass is 470 g/mol. The van der Waals surface area contributed by atoms with Crippen LogP contribution in [0.15, 0.2) is 59.1 Å². The Morgan fingerprint density at radius 2 is 1.85 bits per heavy atom. The molecule has 0 aliphatic heterocycles. The van der Waals surface area contributed by atoms with Gasteiger partial charge in [-0.25, -0.2) is 0 Å². The van der Waals surface area contributed by atoms with E-state index in [1.54, 1.807) is 23.1 Å². The minimum Gasteiger partial charge on any atom is -0.454 e. The maximum atomic E-state index is 13.1. The first-order chi connectivity index (χ1) is 15.9. The molecule has 0 radical (unpaired) electrons. The molecule has 33 heavy (non-hydrogen) atoms. The maximum Gasteiger partial charge on any atom is 0.287 e. The van der Waals surface area contributed by atoms with Crippen LogP contribution in [0.1, 0.15) is 45.7 Å². The van der Waals surface area contributed by atoms with E-state index in [9.17, 15) is 9.59 Å². The van der Waals surface area contributed by atoms with Crippen LogP contribution in [0.4, 0.5) is 0 Å². The normalized spacial score (nSPS) is 11.1. The van der Waals surface area contributed by atoms with E-state index in [1.807, 2.05) is 67.0 Å². The van der Waals surface area contributed by atoms with E-state index in [4.69, 9.17) is 16.0 Å². The van der Waals surface area contributed by atoms with Crippen molar-refractivity contribution in [3.63, 3.8) is 0 Å². The number of carbonyl (C=O) groups is 2. The highest BCUT2D eigenvalue weighted by atomic mass is 35.5. The van der Waals surface area contributed by atoms with Gasteiger partial charge in [0.2, 0.25) is 0 Å². The number of carbonyl (C=O) groups excluding carboxylic acids is 2. The zero-order valence-corrected chi connectivity index (χ0v) is 20.1. The Morgan fingerprint density at radius 3 is 2.58 bits per heavy atom. The van der Waals surface area contributed by atoms with Crippen LogP contribution < -0.4 is 5.32 Å². The topological polar surface area (TPSA) is 70.7 Å². The van der Waals surface area contributed by atoms with Gasteiger partial charge < -0.3 is 24.1 Å². The third-order valence-corrected chi connectivity index (χ3v) is 5.55. The maximum absolute atomic E-state index is 13.1. The largest absolute Gasteiger partial charge is 0.454 e.